The van der Waals surface area contributed by atoms with Crippen molar-refractivity contribution in [3.8, 4) is 17.1 Å². The minimum Gasteiger partial charge on any atom is -0.497 e. The molecule has 1 aliphatic rings. The molecule has 1 amide bonds. The van der Waals surface area contributed by atoms with Crippen molar-refractivity contribution in [1.82, 2.24) is 19.7 Å². The van der Waals surface area contributed by atoms with E-state index in [2.05, 4.69) is 10.4 Å². The number of hydrogen-bond acceptors (Lipinski definition) is 4. The zero-order valence-corrected chi connectivity index (χ0v) is 17.1. The van der Waals surface area contributed by atoms with Crippen LogP contribution in [0.3, 0.4) is 0 Å². The molecule has 3 aromatic rings. The van der Waals surface area contributed by atoms with E-state index in [0.717, 1.165) is 29.7 Å². The van der Waals surface area contributed by atoms with Gasteiger partial charge < -0.3 is 10.1 Å². The number of nitrogens with zero attached hydrogens (tertiary/aromatic N) is 3. The summed E-state index contributed by atoms with van der Waals surface area (Å²) < 4.78 is 8.40. The van der Waals surface area contributed by atoms with Crippen LogP contribution in [0.15, 0.2) is 59.4 Å². The highest BCUT2D eigenvalue weighted by Crippen LogP contribution is 2.36. The molecule has 0 bridgehead atoms. The molecule has 4 rings (SSSR count). The average Bonchev–Trinajstić information content (AvgIpc) is 3.57. The van der Waals surface area contributed by atoms with Gasteiger partial charge in [0.05, 0.1) is 13.7 Å². The fourth-order valence-corrected chi connectivity index (χ4v) is 3.45. The monoisotopic (exact) mass is 406 g/mol. The zero-order valence-electron chi connectivity index (χ0n) is 17.1. The highest BCUT2D eigenvalue weighted by Gasteiger charge is 2.30. The lowest BCUT2D eigenvalue weighted by atomic mass is 10.1. The largest absolute Gasteiger partial charge is 0.497 e. The minimum absolute atomic E-state index is 0.0382. The van der Waals surface area contributed by atoms with Gasteiger partial charge in [-0.1, -0.05) is 42.5 Å². The predicted molar refractivity (Wildman–Crippen MR) is 115 cm³/mol. The van der Waals surface area contributed by atoms with Gasteiger partial charge in [-0.15, -0.1) is 5.10 Å². The molecule has 1 heterocycles. The molecule has 0 spiro atoms. The number of benzene rings is 2. The number of carbonyl (C=O) groups excluding carboxylic acids is 1. The molecule has 7 heteroatoms. The van der Waals surface area contributed by atoms with Crippen LogP contribution in [0.5, 0.6) is 5.75 Å². The van der Waals surface area contributed by atoms with Gasteiger partial charge in [-0.3, -0.25) is 9.36 Å². The van der Waals surface area contributed by atoms with Gasteiger partial charge in [-0.25, -0.2) is 9.48 Å². The first-order valence-corrected chi connectivity index (χ1v) is 10.3. The summed E-state index contributed by atoms with van der Waals surface area (Å²) in [5.74, 6) is 1.46. The van der Waals surface area contributed by atoms with Gasteiger partial charge in [-0.05, 0) is 37.0 Å². The van der Waals surface area contributed by atoms with Crippen molar-refractivity contribution < 1.29 is 9.53 Å². The number of nitrogens with one attached hydrogen (secondary N) is 1. The lowest BCUT2D eigenvalue weighted by Gasteiger charge is -2.06. The highest BCUT2D eigenvalue weighted by atomic mass is 16.5. The first-order valence-electron chi connectivity index (χ1n) is 10.3. The van der Waals surface area contributed by atoms with Crippen LogP contribution in [-0.4, -0.2) is 33.9 Å². The third kappa shape index (κ3) is 4.62. The molecular weight excluding hydrogens is 380 g/mol. The molecule has 1 aromatic heterocycles. The van der Waals surface area contributed by atoms with E-state index in [1.165, 1.54) is 4.68 Å². The number of amides is 1. The second-order valence-electron chi connectivity index (χ2n) is 7.49. The van der Waals surface area contributed by atoms with Crippen LogP contribution in [0.4, 0.5) is 0 Å². The summed E-state index contributed by atoms with van der Waals surface area (Å²) in [6.45, 7) is 0.726. The molecule has 0 saturated heterocycles. The van der Waals surface area contributed by atoms with Crippen molar-refractivity contribution in [2.75, 3.05) is 13.7 Å². The van der Waals surface area contributed by atoms with E-state index < -0.39 is 0 Å². The minimum atomic E-state index is -0.108. The number of ether oxygens (including phenoxy) is 1. The summed E-state index contributed by atoms with van der Waals surface area (Å²) >= 11 is 0. The number of aryl methyl sites for hydroxylation is 1. The quantitative estimate of drug-likeness (QED) is 0.593. The van der Waals surface area contributed by atoms with E-state index in [4.69, 9.17) is 4.74 Å². The van der Waals surface area contributed by atoms with Crippen LogP contribution in [0.1, 0.15) is 30.9 Å². The Balaban J connectivity index is 1.33. The van der Waals surface area contributed by atoms with Crippen LogP contribution >= 0.6 is 0 Å². The van der Waals surface area contributed by atoms with E-state index in [0.29, 0.717) is 31.8 Å². The number of methoxy groups -OCH3 is 1. The molecule has 1 aliphatic carbocycles. The van der Waals surface area contributed by atoms with Crippen LogP contribution < -0.4 is 15.7 Å². The lowest BCUT2D eigenvalue weighted by Crippen LogP contribution is -2.32. The molecule has 0 atom stereocenters. The molecule has 2 aromatic carbocycles. The Kier molecular flexibility index (Phi) is 5.97. The van der Waals surface area contributed by atoms with Crippen LogP contribution in [0, 0.1) is 0 Å². The van der Waals surface area contributed by atoms with Gasteiger partial charge in [0.25, 0.3) is 0 Å². The second-order valence-corrected chi connectivity index (χ2v) is 7.49. The Labute approximate surface area is 175 Å². The summed E-state index contributed by atoms with van der Waals surface area (Å²) in [7, 11) is 1.63. The van der Waals surface area contributed by atoms with Crippen molar-refractivity contribution >= 4 is 5.91 Å². The van der Waals surface area contributed by atoms with Crippen molar-refractivity contribution in [2.45, 2.75) is 38.3 Å². The van der Waals surface area contributed by atoms with E-state index in [1.807, 2.05) is 54.6 Å². The van der Waals surface area contributed by atoms with E-state index in [-0.39, 0.29) is 17.6 Å². The molecular formula is C23H26N4O3. The first kappa shape index (κ1) is 19.9. The Morgan fingerprint density at radius 2 is 1.87 bits per heavy atom. The van der Waals surface area contributed by atoms with E-state index in [1.54, 1.807) is 11.7 Å². The van der Waals surface area contributed by atoms with Gasteiger partial charge in [0, 0.05) is 24.6 Å². The second kappa shape index (κ2) is 8.98. The summed E-state index contributed by atoms with van der Waals surface area (Å²) in [6.07, 6.45) is 3.07. The molecule has 0 aliphatic heterocycles. The van der Waals surface area contributed by atoms with Gasteiger partial charge in [0.15, 0.2) is 5.82 Å². The van der Waals surface area contributed by atoms with E-state index in [9.17, 15) is 9.59 Å². The van der Waals surface area contributed by atoms with Gasteiger partial charge >= 0.3 is 5.69 Å². The molecule has 0 radical (unpaired) electrons. The van der Waals surface area contributed by atoms with E-state index >= 15 is 0 Å². The number of carbonyl (C=O) groups is 1. The smallest absolute Gasteiger partial charge is 0.346 e. The number of hydrogen-bond donors (Lipinski definition) is 1. The van der Waals surface area contributed by atoms with Crippen molar-refractivity contribution in [3.05, 3.63) is 70.6 Å². The fraction of sp³-hybridized carbons (Fsp3) is 0.348. The maximum absolute atomic E-state index is 12.8. The van der Waals surface area contributed by atoms with Crippen LogP contribution in [-0.2, 0) is 17.8 Å². The summed E-state index contributed by atoms with van der Waals surface area (Å²) in [5.41, 5.74) is 1.91. The topological polar surface area (TPSA) is 78.2 Å². The first-order chi connectivity index (χ1) is 14.7. The maximum Gasteiger partial charge on any atom is 0.346 e. The normalized spacial score (nSPS) is 13.2. The van der Waals surface area contributed by atoms with Gasteiger partial charge in [0.2, 0.25) is 5.91 Å². The summed E-state index contributed by atoms with van der Waals surface area (Å²) in [5, 5.41) is 7.44. The highest BCUT2D eigenvalue weighted by molar-refractivity contribution is 5.76. The molecule has 1 saturated carbocycles. The third-order valence-electron chi connectivity index (χ3n) is 5.26. The molecule has 156 valence electrons. The molecule has 1 fully saturated rings. The molecule has 30 heavy (non-hydrogen) atoms. The predicted octanol–water partition coefficient (Wildman–Crippen LogP) is 2.80. The van der Waals surface area contributed by atoms with Crippen LogP contribution in [0.2, 0.25) is 0 Å². The van der Waals surface area contributed by atoms with Gasteiger partial charge in [-0.2, -0.15) is 0 Å². The standard InChI is InChI=1S/C23H26N4O3/c1-30-20-12-7-17(8-13-20)9-14-21(28)24-15-16-26-23(29)27(19-10-11-19)22(25-26)18-5-3-2-4-6-18/h2-8,12-13,19H,9-11,14-16H2,1H3,(H,24,28). The zero-order chi connectivity index (χ0) is 20.9. The number of aromatic nitrogens is 3. The lowest BCUT2D eigenvalue weighted by molar-refractivity contribution is -0.121. The van der Waals surface area contributed by atoms with Crippen LogP contribution in [0.25, 0.3) is 11.4 Å². The molecule has 1 N–H and O–H groups in total. The SMILES string of the molecule is COc1ccc(CCC(=O)NCCn2nc(-c3ccccc3)n(C3CC3)c2=O)cc1. The Morgan fingerprint density at radius 1 is 1.13 bits per heavy atom. The molecule has 0 unspecified atom stereocenters. The van der Waals surface area contributed by atoms with Crippen molar-refractivity contribution in [1.29, 1.82) is 0 Å². The Morgan fingerprint density at radius 3 is 2.53 bits per heavy atom. The number of rotatable bonds is 9. The summed E-state index contributed by atoms with van der Waals surface area (Å²) in [6, 6.07) is 17.7. The summed E-state index contributed by atoms with van der Waals surface area (Å²) in [4.78, 5) is 25.0. The van der Waals surface area contributed by atoms with Gasteiger partial charge in [0.1, 0.15) is 5.75 Å². The molecule has 7 nitrogen and oxygen atoms in total. The fourth-order valence-electron chi connectivity index (χ4n) is 3.45. The van der Waals surface area contributed by atoms with Crippen molar-refractivity contribution in [3.63, 3.8) is 0 Å². The maximum atomic E-state index is 12.8. The Hall–Kier alpha value is -3.35. The Bertz CT molecular complexity index is 1050. The third-order valence-corrected chi connectivity index (χ3v) is 5.26. The van der Waals surface area contributed by atoms with Crippen molar-refractivity contribution in [2.24, 2.45) is 0 Å². The average molecular weight is 406 g/mol.